The molecule has 0 heterocycles. The lowest BCUT2D eigenvalue weighted by Crippen LogP contribution is -2.14. The lowest BCUT2D eigenvalue weighted by molar-refractivity contribution is 0.469. The summed E-state index contributed by atoms with van der Waals surface area (Å²) in [7, 11) is -3.89. The van der Waals surface area contributed by atoms with E-state index in [1.807, 2.05) is 12.1 Å². The Morgan fingerprint density at radius 1 is 1.47 bits per heavy atom. The van der Waals surface area contributed by atoms with Gasteiger partial charge in [0.05, 0.1) is 5.75 Å². The molecule has 0 fully saturated rings. The van der Waals surface area contributed by atoms with Gasteiger partial charge in [0.2, 0.25) is 0 Å². The standard InChI is InChI=1S/C10H13ClO3S/c1-8(7-15(12,13)14)5-9-3-2-4-10(11)6-9/h2-4,6,8H,5,7H2,1H3,(H,12,13,14). The monoisotopic (exact) mass is 248 g/mol. The highest BCUT2D eigenvalue weighted by Crippen LogP contribution is 2.15. The zero-order chi connectivity index (χ0) is 11.5. The second kappa shape index (κ2) is 4.96. The molecule has 0 aromatic heterocycles. The minimum absolute atomic E-state index is 0.126. The van der Waals surface area contributed by atoms with E-state index in [0.717, 1.165) is 5.56 Å². The summed E-state index contributed by atoms with van der Waals surface area (Å²) in [6.45, 7) is 1.77. The number of halogens is 1. The van der Waals surface area contributed by atoms with Crippen molar-refractivity contribution in [1.29, 1.82) is 0 Å². The topological polar surface area (TPSA) is 54.4 Å². The van der Waals surface area contributed by atoms with Crippen molar-refractivity contribution in [2.45, 2.75) is 13.3 Å². The Morgan fingerprint density at radius 2 is 2.13 bits per heavy atom. The molecule has 1 aromatic rings. The molecule has 1 rings (SSSR count). The number of benzene rings is 1. The van der Waals surface area contributed by atoms with Gasteiger partial charge in [0.25, 0.3) is 10.1 Å². The van der Waals surface area contributed by atoms with Gasteiger partial charge in [-0.15, -0.1) is 0 Å². The predicted octanol–water partition coefficient (Wildman–Crippen LogP) is 2.41. The van der Waals surface area contributed by atoms with Crippen LogP contribution < -0.4 is 0 Å². The second-order valence-electron chi connectivity index (χ2n) is 3.69. The van der Waals surface area contributed by atoms with Crippen LogP contribution in [0.3, 0.4) is 0 Å². The molecule has 0 saturated carbocycles. The summed E-state index contributed by atoms with van der Waals surface area (Å²) in [5, 5.41) is 0.631. The third kappa shape index (κ3) is 5.16. The van der Waals surface area contributed by atoms with E-state index < -0.39 is 10.1 Å². The molecule has 0 bridgehead atoms. The Bertz CT molecular complexity index is 428. The van der Waals surface area contributed by atoms with Gasteiger partial charge in [-0.3, -0.25) is 4.55 Å². The first-order valence-electron chi connectivity index (χ1n) is 4.56. The Balaban J connectivity index is 2.63. The highest BCUT2D eigenvalue weighted by molar-refractivity contribution is 7.85. The van der Waals surface area contributed by atoms with Gasteiger partial charge >= 0.3 is 0 Å². The molecule has 0 aliphatic carbocycles. The van der Waals surface area contributed by atoms with Crippen LogP contribution >= 0.6 is 11.6 Å². The van der Waals surface area contributed by atoms with E-state index in [-0.39, 0.29) is 11.7 Å². The first-order chi connectivity index (χ1) is 6.87. The predicted molar refractivity (Wildman–Crippen MR) is 60.7 cm³/mol. The molecule has 1 atom stereocenters. The van der Waals surface area contributed by atoms with Crippen LogP contribution in [-0.2, 0) is 16.5 Å². The summed E-state index contributed by atoms with van der Waals surface area (Å²) in [6.07, 6.45) is 0.584. The fraction of sp³-hybridized carbons (Fsp3) is 0.400. The average molecular weight is 249 g/mol. The Kier molecular flexibility index (Phi) is 4.13. The van der Waals surface area contributed by atoms with Gasteiger partial charge in [-0.05, 0) is 30.0 Å². The first-order valence-corrected chi connectivity index (χ1v) is 6.55. The summed E-state index contributed by atoms with van der Waals surface area (Å²) in [5.41, 5.74) is 0.971. The average Bonchev–Trinajstić information content (AvgIpc) is 1.99. The van der Waals surface area contributed by atoms with Gasteiger partial charge in [-0.25, -0.2) is 0 Å². The van der Waals surface area contributed by atoms with Gasteiger partial charge in [-0.1, -0.05) is 30.7 Å². The maximum atomic E-state index is 10.6. The van der Waals surface area contributed by atoms with Crippen molar-refractivity contribution in [3.8, 4) is 0 Å². The number of rotatable bonds is 4. The number of hydrogen-bond donors (Lipinski definition) is 1. The fourth-order valence-corrected chi connectivity index (χ4v) is 2.53. The van der Waals surface area contributed by atoms with E-state index in [1.165, 1.54) is 0 Å². The van der Waals surface area contributed by atoms with Crippen molar-refractivity contribution in [2.24, 2.45) is 5.92 Å². The van der Waals surface area contributed by atoms with Crippen molar-refractivity contribution in [2.75, 3.05) is 5.75 Å². The Labute approximate surface area is 94.8 Å². The summed E-state index contributed by atoms with van der Waals surface area (Å²) in [4.78, 5) is 0. The van der Waals surface area contributed by atoms with Crippen molar-refractivity contribution in [1.82, 2.24) is 0 Å². The van der Waals surface area contributed by atoms with Crippen molar-refractivity contribution in [3.63, 3.8) is 0 Å². The zero-order valence-corrected chi connectivity index (χ0v) is 9.92. The fourth-order valence-electron chi connectivity index (χ4n) is 1.48. The van der Waals surface area contributed by atoms with Gasteiger partial charge < -0.3 is 0 Å². The quantitative estimate of drug-likeness (QED) is 0.833. The minimum atomic E-state index is -3.89. The summed E-state index contributed by atoms with van der Waals surface area (Å²) in [5.74, 6) is -0.349. The molecule has 3 nitrogen and oxygen atoms in total. The van der Waals surface area contributed by atoms with Crippen LogP contribution in [0.1, 0.15) is 12.5 Å². The Hall–Kier alpha value is -0.580. The maximum absolute atomic E-state index is 10.6. The van der Waals surface area contributed by atoms with Crippen LogP contribution in [0.4, 0.5) is 0 Å². The molecule has 0 saturated heterocycles. The van der Waals surface area contributed by atoms with Crippen molar-refractivity contribution < 1.29 is 13.0 Å². The highest BCUT2D eigenvalue weighted by Gasteiger charge is 2.12. The van der Waals surface area contributed by atoms with Crippen molar-refractivity contribution >= 4 is 21.7 Å². The lowest BCUT2D eigenvalue weighted by atomic mass is 10.0. The molecular weight excluding hydrogens is 236 g/mol. The summed E-state index contributed by atoms with van der Waals surface area (Å²) in [6, 6.07) is 7.25. The minimum Gasteiger partial charge on any atom is -0.286 e. The zero-order valence-electron chi connectivity index (χ0n) is 8.35. The van der Waals surface area contributed by atoms with Crippen LogP contribution in [0.25, 0.3) is 0 Å². The van der Waals surface area contributed by atoms with E-state index >= 15 is 0 Å². The SMILES string of the molecule is CC(Cc1cccc(Cl)c1)CS(=O)(=O)O. The van der Waals surface area contributed by atoms with E-state index in [4.69, 9.17) is 16.2 Å². The molecule has 1 unspecified atom stereocenters. The molecule has 1 aromatic carbocycles. The molecule has 0 aliphatic rings. The number of hydrogen-bond acceptors (Lipinski definition) is 2. The van der Waals surface area contributed by atoms with Crippen LogP contribution in [0.2, 0.25) is 5.02 Å². The van der Waals surface area contributed by atoms with Crippen molar-refractivity contribution in [3.05, 3.63) is 34.9 Å². The highest BCUT2D eigenvalue weighted by atomic mass is 35.5. The van der Waals surface area contributed by atoms with Gasteiger partial charge in [0, 0.05) is 5.02 Å². The summed E-state index contributed by atoms with van der Waals surface area (Å²) >= 11 is 5.79. The third-order valence-electron chi connectivity index (χ3n) is 1.97. The Morgan fingerprint density at radius 3 is 2.67 bits per heavy atom. The molecule has 0 aliphatic heterocycles. The van der Waals surface area contributed by atoms with Crippen LogP contribution in [0.5, 0.6) is 0 Å². The van der Waals surface area contributed by atoms with Gasteiger partial charge in [-0.2, -0.15) is 8.42 Å². The largest absolute Gasteiger partial charge is 0.286 e. The first kappa shape index (κ1) is 12.5. The summed E-state index contributed by atoms with van der Waals surface area (Å²) < 4.78 is 29.9. The molecule has 0 amide bonds. The third-order valence-corrected chi connectivity index (χ3v) is 3.19. The van der Waals surface area contributed by atoms with Crippen LogP contribution in [0.15, 0.2) is 24.3 Å². The molecule has 84 valence electrons. The normalized spacial score (nSPS) is 13.8. The van der Waals surface area contributed by atoms with Gasteiger partial charge in [0.15, 0.2) is 0 Å². The smallest absolute Gasteiger partial charge is 0.265 e. The molecular formula is C10H13ClO3S. The molecule has 0 spiro atoms. The molecule has 1 N–H and O–H groups in total. The maximum Gasteiger partial charge on any atom is 0.265 e. The van der Waals surface area contributed by atoms with Crippen LogP contribution in [-0.4, -0.2) is 18.7 Å². The molecule has 0 radical (unpaired) electrons. The molecule has 5 heteroatoms. The van der Waals surface area contributed by atoms with E-state index in [9.17, 15) is 8.42 Å². The lowest BCUT2D eigenvalue weighted by Gasteiger charge is -2.09. The van der Waals surface area contributed by atoms with Crippen LogP contribution in [0, 0.1) is 5.92 Å². The van der Waals surface area contributed by atoms with E-state index in [2.05, 4.69) is 0 Å². The molecule has 15 heavy (non-hydrogen) atoms. The van der Waals surface area contributed by atoms with E-state index in [0.29, 0.717) is 11.4 Å². The van der Waals surface area contributed by atoms with Gasteiger partial charge in [0.1, 0.15) is 0 Å². The second-order valence-corrected chi connectivity index (χ2v) is 5.62. The van der Waals surface area contributed by atoms with E-state index in [1.54, 1.807) is 19.1 Å².